The van der Waals surface area contributed by atoms with Gasteiger partial charge in [-0.1, -0.05) is 0 Å². The molecule has 0 aliphatic rings. The molecule has 0 saturated carbocycles. The number of carboxylic acids is 1. The number of thioether (sulfide) groups is 1. The first-order valence-electron chi connectivity index (χ1n) is 7.77. The van der Waals surface area contributed by atoms with Crippen molar-refractivity contribution in [1.82, 2.24) is 16.0 Å². The van der Waals surface area contributed by atoms with Gasteiger partial charge in [0.2, 0.25) is 17.7 Å². The molecule has 0 aromatic rings. The average Bonchev–Trinajstić information content (AvgIpc) is 2.58. The van der Waals surface area contributed by atoms with Crippen LogP contribution in [-0.4, -0.2) is 88.4 Å². The lowest BCUT2D eigenvalue weighted by Gasteiger charge is -2.22. The quantitative estimate of drug-likeness (QED) is 0.177. The van der Waals surface area contributed by atoms with Gasteiger partial charge in [-0.15, -0.1) is 0 Å². The van der Waals surface area contributed by atoms with Gasteiger partial charge in [0, 0.05) is 0 Å². The molecule has 0 bridgehead atoms. The van der Waals surface area contributed by atoms with E-state index in [4.69, 9.17) is 15.9 Å². The standard InChI is InChI=1S/C14H26N4O7S/c1-7(20)11(18-12(22)8(15)3-4-26-2)13(23)16-5-10(21)17-9(6-19)14(24)25/h7-9,11,19-20H,3-6,15H2,1-2H3,(H,16,23)(H,17,21)(H,18,22)(H,24,25). The summed E-state index contributed by atoms with van der Waals surface area (Å²) in [6.07, 6.45) is 0.994. The monoisotopic (exact) mass is 394 g/mol. The van der Waals surface area contributed by atoms with Gasteiger partial charge in [-0.05, 0) is 25.4 Å². The fraction of sp³-hybridized carbons (Fsp3) is 0.714. The summed E-state index contributed by atoms with van der Waals surface area (Å²) in [5.74, 6) is -3.09. The zero-order valence-corrected chi connectivity index (χ0v) is 15.4. The largest absolute Gasteiger partial charge is 0.480 e. The number of aliphatic carboxylic acids is 1. The van der Waals surface area contributed by atoms with Crippen LogP contribution in [0.4, 0.5) is 0 Å². The summed E-state index contributed by atoms with van der Waals surface area (Å²) >= 11 is 1.51. The Kier molecular flexibility index (Phi) is 11.6. The van der Waals surface area contributed by atoms with E-state index in [-0.39, 0.29) is 0 Å². The molecule has 0 spiro atoms. The number of aliphatic hydroxyl groups is 2. The van der Waals surface area contributed by atoms with E-state index in [2.05, 4.69) is 10.6 Å². The second kappa shape index (κ2) is 12.5. The molecule has 0 rings (SSSR count). The molecule has 0 heterocycles. The van der Waals surface area contributed by atoms with Gasteiger partial charge in [0.15, 0.2) is 0 Å². The molecule has 150 valence electrons. The van der Waals surface area contributed by atoms with Crippen LogP contribution >= 0.6 is 11.8 Å². The number of hydrogen-bond acceptors (Lipinski definition) is 8. The van der Waals surface area contributed by atoms with Crippen LogP contribution in [0.5, 0.6) is 0 Å². The lowest BCUT2D eigenvalue weighted by molar-refractivity contribution is -0.142. The summed E-state index contributed by atoms with van der Waals surface area (Å²) in [5.41, 5.74) is 5.69. The Balaban J connectivity index is 4.62. The van der Waals surface area contributed by atoms with Crippen molar-refractivity contribution in [3.8, 4) is 0 Å². The second-order valence-electron chi connectivity index (χ2n) is 5.47. The third-order valence-corrected chi connectivity index (χ3v) is 3.92. The Morgan fingerprint density at radius 2 is 1.77 bits per heavy atom. The summed E-state index contributed by atoms with van der Waals surface area (Å²) in [6, 6.07) is -3.68. The van der Waals surface area contributed by atoms with Crippen LogP contribution in [0.2, 0.25) is 0 Å². The first-order valence-corrected chi connectivity index (χ1v) is 9.17. The van der Waals surface area contributed by atoms with Gasteiger partial charge >= 0.3 is 5.97 Å². The fourth-order valence-electron chi connectivity index (χ4n) is 1.75. The molecule has 12 heteroatoms. The number of carbonyl (C=O) groups excluding carboxylic acids is 3. The third kappa shape index (κ3) is 8.99. The molecule has 0 radical (unpaired) electrons. The molecule has 0 aliphatic carbocycles. The Labute approximate surface area is 155 Å². The van der Waals surface area contributed by atoms with Gasteiger partial charge in [0.05, 0.1) is 25.3 Å². The van der Waals surface area contributed by atoms with E-state index in [0.717, 1.165) is 0 Å². The summed E-state index contributed by atoms with van der Waals surface area (Å²) in [5, 5.41) is 33.7. The minimum absolute atomic E-state index is 0.390. The highest BCUT2D eigenvalue weighted by molar-refractivity contribution is 7.98. The van der Waals surface area contributed by atoms with Crippen molar-refractivity contribution in [2.75, 3.05) is 25.2 Å². The molecule has 3 amide bonds. The van der Waals surface area contributed by atoms with Crippen LogP contribution in [-0.2, 0) is 19.2 Å². The SMILES string of the molecule is CSCCC(N)C(=O)NC(C(=O)NCC(=O)NC(CO)C(=O)O)C(C)O. The highest BCUT2D eigenvalue weighted by Crippen LogP contribution is 2.00. The number of carboxylic acid groups (broad SMARTS) is 1. The molecular formula is C14H26N4O7S. The van der Waals surface area contributed by atoms with Crippen molar-refractivity contribution in [3.63, 3.8) is 0 Å². The van der Waals surface area contributed by atoms with Gasteiger partial charge in [0.1, 0.15) is 12.1 Å². The molecule has 26 heavy (non-hydrogen) atoms. The topological polar surface area (TPSA) is 191 Å². The maximum absolute atomic E-state index is 12.1. The first kappa shape index (κ1) is 24.1. The normalized spacial score (nSPS) is 15.3. The third-order valence-electron chi connectivity index (χ3n) is 3.27. The number of carbonyl (C=O) groups is 4. The number of aliphatic hydroxyl groups excluding tert-OH is 2. The van der Waals surface area contributed by atoms with E-state index >= 15 is 0 Å². The van der Waals surface area contributed by atoms with Gasteiger partial charge < -0.3 is 37.0 Å². The molecule has 0 aromatic heterocycles. The molecule has 11 nitrogen and oxygen atoms in total. The van der Waals surface area contributed by atoms with Crippen LogP contribution in [0.1, 0.15) is 13.3 Å². The summed E-state index contributed by atoms with van der Waals surface area (Å²) in [6.45, 7) is -0.125. The van der Waals surface area contributed by atoms with E-state index in [1.165, 1.54) is 18.7 Å². The molecule has 0 saturated heterocycles. The van der Waals surface area contributed by atoms with Crippen molar-refractivity contribution in [2.45, 2.75) is 37.6 Å². The fourth-order valence-corrected chi connectivity index (χ4v) is 2.24. The number of nitrogens with two attached hydrogens (primary N) is 1. The van der Waals surface area contributed by atoms with Crippen LogP contribution in [0.15, 0.2) is 0 Å². The molecule has 8 N–H and O–H groups in total. The molecule has 4 unspecified atom stereocenters. The Hall–Kier alpha value is -1.89. The van der Waals surface area contributed by atoms with Crippen LogP contribution < -0.4 is 21.7 Å². The summed E-state index contributed by atoms with van der Waals surface area (Å²) < 4.78 is 0. The Bertz CT molecular complexity index is 504. The summed E-state index contributed by atoms with van der Waals surface area (Å²) in [4.78, 5) is 46.3. The smallest absolute Gasteiger partial charge is 0.328 e. The highest BCUT2D eigenvalue weighted by Gasteiger charge is 2.28. The van der Waals surface area contributed by atoms with Crippen molar-refractivity contribution < 1.29 is 34.5 Å². The molecule has 0 aromatic carbocycles. The maximum Gasteiger partial charge on any atom is 0.328 e. The predicted molar refractivity (Wildman–Crippen MR) is 94.2 cm³/mol. The minimum atomic E-state index is -1.50. The number of hydrogen-bond donors (Lipinski definition) is 7. The van der Waals surface area contributed by atoms with Crippen molar-refractivity contribution in [1.29, 1.82) is 0 Å². The molecule has 0 aliphatic heterocycles. The Morgan fingerprint density at radius 1 is 1.15 bits per heavy atom. The van der Waals surface area contributed by atoms with Crippen molar-refractivity contribution >= 4 is 35.5 Å². The maximum atomic E-state index is 12.1. The Morgan fingerprint density at radius 3 is 2.23 bits per heavy atom. The minimum Gasteiger partial charge on any atom is -0.480 e. The van der Waals surface area contributed by atoms with Gasteiger partial charge in [0.25, 0.3) is 0 Å². The van der Waals surface area contributed by atoms with Crippen LogP contribution in [0.3, 0.4) is 0 Å². The van der Waals surface area contributed by atoms with E-state index < -0.39 is 61.1 Å². The lowest BCUT2D eigenvalue weighted by Crippen LogP contribution is -2.57. The van der Waals surface area contributed by atoms with E-state index in [1.807, 2.05) is 11.6 Å². The zero-order chi connectivity index (χ0) is 20.3. The predicted octanol–water partition coefficient (Wildman–Crippen LogP) is -3.39. The lowest BCUT2D eigenvalue weighted by atomic mass is 10.1. The van der Waals surface area contributed by atoms with Crippen molar-refractivity contribution in [2.24, 2.45) is 5.73 Å². The van der Waals surface area contributed by atoms with Crippen molar-refractivity contribution in [3.05, 3.63) is 0 Å². The second-order valence-corrected chi connectivity index (χ2v) is 6.46. The zero-order valence-electron chi connectivity index (χ0n) is 14.6. The summed E-state index contributed by atoms with van der Waals surface area (Å²) in [7, 11) is 0. The van der Waals surface area contributed by atoms with E-state index in [0.29, 0.717) is 12.2 Å². The average molecular weight is 394 g/mol. The number of rotatable bonds is 12. The van der Waals surface area contributed by atoms with Gasteiger partial charge in [-0.3, -0.25) is 14.4 Å². The van der Waals surface area contributed by atoms with Crippen LogP contribution in [0, 0.1) is 0 Å². The van der Waals surface area contributed by atoms with Crippen LogP contribution in [0.25, 0.3) is 0 Å². The number of amides is 3. The van der Waals surface area contributed by atoms with E-state index in [1.54, 1.807) is 0 Å². The van der Waals surface area contributed by atoms with Gasteiger partial charge in [-0.25, -0.2) is 4.79 Å². The molecular weight excluding hydrogens is 368 g/mol. The molecule has 0 fully saturated rings. The number of nitrogens with one attached hydrogen (secondary N) is 3. The van der Waals surface area contributed by atoms with Gasteiger partial charge in [-0.2, -0.15) is 11.8 Å². The first-order chi connectivity index (χ1) is 12.1. The van der Waals surface area contributed by atoms with E-state index in [9.17, 15) is 24.3 Å². The highest BCUT2D eigenvalue weighted by atomic mass is 32.2. The molecule has 4 atom stereocenters.